The van der Waals surface area contributed by atoms with Crippen molar-refractivity contribution in [2.24, 2.45) is 0 Å². The smallest absolute Gasteiger partial charge is 0.245 e. The standard InChI is InChI=1S/C17H15N3O3S/c18-12-13-6-8-15(9-7-13)24(22,23)19-16-10-11-20(17(16)21)14-4-2-1-3-5-14/h1-9,16,19H,10-11H2/t16-/m0/s1. The predicted octanol–water partition coefficient (Wildman–Crippen LogP) is 1.64. The second-order valence-corrected chi connectivity index (χ2v) is 7.14. The maximum absolute atomic E-state index is 12.5. The largest absolute Gasteiger partial charge is 0.311 e. The van der Waals surface area contributed by atoms with Gasteiger partial charge in [-0.3, -0.25) is 4.79 Å². The van der Waals surface area contributed by atoms with Crippen molar-refractivity contribution >= 4 is 21.6 Å². The van der Waals surface area contributed by atoms with Gasteiger partial charge in [0.2, 0.25) is 15.9 Å². The summed E-state index contributed by atoms with van der Waals surface area (Å²) in [6.45, 7) is 0.462. The van der Waals surface area contributed by atoms with Gasteiger partial charge >= 0.3 is 0 Å². The lowest BCUT2D eigenvalue weighted by molar-refractivity contribution is -0.118. The maximum atomic E-state index is 12.5. The Bertz CT molecular complexity index is 887. The Morgan fingerprint density at radius 3 is 2.38 bits per heavy atom. The molecule has 0 radical (unpaired) electrons. The van der Waals surface area contributed by atoms with E-state index < -0.39 is 16.1 Å². The Morgan fingerprint density at radius 1 is 1.08 bits per heavy atom. The fraction of sp³-hybridized carbons (Fsp3) is 0.176. The number of para-hydroxylation sites is 1. The molecule has 7 heteroatoms. The first-order valence-electron chi connectivity index (χ1n) is 7.40. The third-order valence-electron chi connectivity index (χ3n) is 3.86. The molecule has 0 bridgehead atoms. The van der Waals surface area contributed by atoms with Crippen LogP contribution in [0.5, 0.6) is 0 Å². The van der Waals surface area contributed by atoms with Crippen LogP contribution in [0, 0.1) is 11.3 Å². The van der Waals surface area contributed by atoms with Crippen LogP contribution in [0.1, 0.15) is 12.0 Å². The molecule has 1 atom stereocenters. The van der Waals surface area contributed by atoms with E-state index in [2.05, 4.69) is 4.72 Å². The second-order valence-electron chi connectivity index (χ2n) is 5.42. The number of sulfonamides is 1. The van der Waals surface area contributed by atoms with Crippen molar-refractivity contribution in [2.45, 2.75) is 17.4 Å². The summed E-state index contributed by atoms with van der Waals surface area (Å²) < 4.78 is 27.3. The third-order valence-corrected chi connectivity index (χ3v) is 5.35. The lowest BCUT2D eigenvalue weighted by Crippen LogP contribution is -2.41. The summed E-state index contributed by atoms with van der Waals surface area (Å²) in [5.74, 6) is -0.265. The van der Waals surface area contributed by atoms with E-state index in [4.69, 9.17) is 5.26 Å². The number of anilines is 1. The van der Waals surface area contributed by atoms with Gasteiger partial charge in [0, 0.05) is 12.2 Å². The van der Waals surface area contributed by atoms with Gasteiger partial charge in [-0.15, -0.1) is 0 Å². The molecule has 122 valence electrons. The number of carbonyl (C=O) groups is 1. The molecule has 24 heavy (non-hydrogen) atoms. The molecule has 1 aliphatic rings. The predicted molar refractivity (Wildman–Crippen MR) is 88.7 cm³/mol. The summed E-state index contributed by atoms with van der Waals surface area (Å²) in [5.41, 5.74) is 1.13. The number of nitriles is 1. The highest BCUT2D eigenvalue weighted by Crippen LogP contribution is 2.22. The van der Waals surface area contributed by atoms with Crippen LogP contribution in [-0.2, 0) is 14.8 Å². The van der Waals surface area contributed by atoms with Crippen molar-refractivity contribution in [3.8, 4) is 6.07 Å². The minimum atomic E-state index is -3.81. The number of hydrogen-bond donors (Lipinski definition) is 1. The van der Waals surface area contributed by atoms with Gasteiger partial charge in [-0.05, 0) is 42.8 Å². The van der Waals surface area contributed by atoms with Crippen LogP contribution in [-0.4, -0.2) is 26.9 Å². The van der Waals surface area contributed by atoms with E-state index in [1.165, 1.54) is 24.3 Å². The van der Waals surface area contributed by atoms with Crippen LogP contribution in [0.3, 0.4) is 0 Å². The van der Waals surface area contributed by atoms with E-state index in [0.717, 1.165) is 5.69 Å². The highest BCUT2D eigenvalue weighted by atomic mass is 32.2. The Hall–Kier alpha value is -2.69. The number of nitrogens with zero attached hydrogens (tertiary/aromatic N) is 2. The molecule has 0 spiro atoms. The van der Waals surface area contributed by atoms with Crippen molar-refractivity contribution in [1.82, 2.24) is 4.72 Å². The highest BCUT2D eigenvalue weighted by Gasteiger charge is 2.35. The van der Waals surface area contributed by atoms with Crippen LogP contribution >= 0.6 is 0 Å². The Kier molecular flexibility index (Phi) is 4.34. The zero-order valence-electron chi connectivity index (χ0n) is 12.7. The van der Waals surface area contributed by atoms with Crippen LogP contribution < -0.4 is 9.62 Å². The molecular formula is C17H15N3O3S. The van der Waals surface area contributed by atoms with E-state index in [1.807, 2.05) is 36.4 Å². The van der Waals surface area contributed by atoms with E-state index in [0.29, 0.717) is 18.5 Å². The highest BCUT2D eigenvalue weighted by molar-refractivity contribution is 7.89. The zero-order chi connectivity index (χ0) is 17.2. The number of hydrogen-bond acceptors (Lipinski definition) is 4. The number of amides is 1. The summed E-state index contributed by atoms with van der Waals surface area (Å²) in [5, 5.41) is 8.77. The molecule has 6 nitrogen and oxygen atoms in total. The minimum absolute atomic E-state index is 0.0347. The zero-order valence-corrected chi connectivity index (χ0v) is 13.5. The van der Waals surface area contributed by atoms with E-state index in [9.17, 15) is 13.2 Å². The van der Waals surface area contributed by atoms with Gasteiger partial charge in [0.15, 0.2) is 0 Å². The fourth-order valence-electron chi connectivity index (χ4n) is 2.62. The average molecular weight is 341 g/mol. The van der Waals surface area contributed by atoms with Gasteiger partial charge in [-0.25, -0.2) is 8.42 Å². The quantitative estimate of drug-likeness (QED) is 0.915. The second kappa shape index (κ2) is 6.43. The molecule has 1 N–H and O–H groups in total. The molecule has 1 fully saturated rings. The van der Waals surface area contributed by atoms with Crippen molar-refractivity contribution < 1.29 is 13.2 Å². The topological polar surface area (TPSA) is 90.3 Å². The van der Waals surface area contributed by atoms with Crippen LogP contribution in [0.25, 0.3) is 0 Å². The minimum Gasteiger partial charge on any atom is -0.311 e. The van der Waals surface area contributed by atoms with Crippen LogP contribution in [0.2, 0.25) is 0 Å². The molecule has 2 aromatic rings. The molecule has 3 rings (SSSR count). The maximum Gasteiger partial charge on any atom is 0.245 e. The lowest BCUT2D eigenvalue weighted by Gasteiger charge is -2.17. The summed E-state index contributed by atoms with van der Waals surface area (Å²) in [4.78, 5) is 14.1. The van der Waals surface area contributed by atoms with Gasteiger partial charge in [-0.2, -0.15) is 9.98 Å². The number of carbonyl (C=O) groups excluding carboxylic acids is 1. The molecule has 2 aromatic carbocycles. The molecule has 1 amide bonds. The molecule has 0 saturated carbocycles. The Labute approximate surface area is 140 Å². The van der Waals surface area contributed by atoms with Crippen molar-refractivity contribution in [1.29, 1.82) is 5.26 Å². The molecule has 0 aliphatic carbocycles. The Balaban J connectivity index is 1.76. The summed E-state index contributed by atoms with van der Waals surface area (Å²) >= 11 is 0. The van der Waals surface area contributed by atoms with Crippen molar-refractivity contribution in [2.75, 3.05) is 11.4 Å². The van der Waals surface area contributed by atoms with E-state index in [1.54, 1.807) is 4.90 Å². The van der Waals surface area contributed by atoms with Crippen molar-refractivity contribution in [3.05, 3.63) is 60.2 Å². The molecule has 0 unspecified atom stereocenters. The fourth-order valence-corrected chi connectivity index (χ4v) is 3.84. The first-order valence-corrected chi connectivity index (χ1v) is 8.88. The number of benzene rings is 2. The van der Waals surface area contributed by atoms with Gasteiger partial charge in [0.25, 0.3) is 0 Å². The van der Waals surface area contributed by atoms with Gasteiger partial charge in [0.05, 0.1) is 16.5 Å². The van der Waals surface area contributed by atoms with Gasteiger partial charge in [-0.1, -0.05) is 18.2 Å². The third kappa shape index (κ3) is 3.15. The molecule has 1 heterocycles. The number of nitrogens with one attached hydrogen (secondary N) is 1. The van der Waals surface area contributed by atoms with E-state index in [-0.39, 0.29) is 10.8 Å². The molecule has 1 aliphatic heterocycles. The van der Waals surface area contributed by atoms with Gasteiger partial charge in [0.1, 0.15) is 6.04 Å². The van der Waals surface area contributed by atoms with Crippen molar-refractivity contribution in [3.63, 3.8) is 0 Å². The first kappa shape index (κ1) is 16.2. The Morgan fingerprint density at radius 2 is 1.75 bits per heavy atom. The monoisotopic (exact) mass is 341 g/mol. The molecule has 1 saturated heterocycles. The van der Waals surface area contributed by atoms with Crippen LogP contribution in [0.4, 0.5) is 5.69 Å². The van der Waals surface area contributed by atoms with Crippen LogP contribution in [0.15, 0.2) is 59.5 Å². The molecular weight excluding hydrogens is 326 g/mol. The molecule has 0 aromatic heterocycles. The van der Waals surface area contributed by atoms with Gasteiger partial charge < -0.3 is 4.90 Å². The average Bonchev–Trinajstić information content (AvgIpc) is 2.96. The normalized spacial score (nSPS) is 17.7. The summed E-state index contributed by atoms with van der Waals surface area (Å²) in [6.07, 6.45) is 0.406. The summed E-state index contributed by atoms with van der Waals surface area (Å²) in [7, 11) is -3.81. The number of rotatable bonds is 4. The first-order chi connectivity index (χ1) is 11.5. The van der Waals surface area contributed by atoms with E-state index >= 15 is 0 Å². The lowest BCUT2D eigenvalue weighted by atomic mass is 10.2. The SMILES string of the molecule is N#Cc1ccc(S(=O)(=O)N[C@H]2CCN(c3ccccc3)C2=O)cc1. The summed E-state index contributed by atoms with van der Waals surface area (Å²) in [6, 6.07) is 15.9.